The van der Waals surface area contributed by atoms with Gasteiger partial charge in [-0.1, -0.05) is 35.3 Å². The number of carbonyl (C=O) groups excluding carboxylic acids is 1. The molecule has 33 heavy (non-hydrogen) atoms. The number of furan rings is 1. The molecule has 0 aliphatic heterocycles. The van der Waals surface area contributed by atoms with Crippen molar-refractivity contribution in [3.63, 3.8) is 0 Å². The van der Waals surface area contributed by atoms with Gasteiger partial charge < -0.3 is 4.42 Å². The molecule has 1 amide bonds. The summed E-state index contributed by atoms with van der Waals surface area (Å²) < 4.78 is 7.24. The summed E-state index contributed by atoms with van der Waals surface area (Å²) in [7, 11) is 0. The molecule has 0 fully saturated rings. The minimum absolute atomic E-state index is 0.108. The number of nitro benzene ring substituents is 1. The predicted molar refractivity (Wildman–Crippen MR) is 124 cm³/mol. The van der Waals surface area contributed by atoms with E-state index in [1.54, 1.807) is 41.2 Å². The number of benzene rings is 2. The summed E-state index contributed by atoms with van der Waals surface area (Å²) >= 11 is 12.0. The molecular weight excluding hydrogens is 469 g/mol. The van der Waals surface area contributed by atoms with Crippen molar-refractivity contribution in [2.24, 2.45) is 5.10 Å². The molecule has 11 heteroatoms. The molecule has 0 aliphatic carbocycles. The van der Waals surface area contributed by atoms with Crippen LogP contribution in [-0.4, -0.2) is 26.8 Å². The van der Waals surface area contributed by atoms with E-state index in [1.165, 1.54) is 24.4 Å². The molecule has 0 atom stereocenters. The van der Waals surface area contributed by atoms with Crippen LogP contribution < -0.4 is 5.43 Å². The molecule has 0 saturated heterocycles. The van der Waals surface area contributed by atoms with Crippen LogP contribution in [0, 0.1) is 10.1 Å². The van der Waals surface area contributed by atoms with Crippen LogP contribution in [0.5, 0.6) is 0 Å². The lowest BCUT2D eigenvalue weighted by Crippen LogP contribution is -2.18. The number of hydrogen-bond acceptors (Lipinski definition) is 6. The third kappa shape index (κ3) is 5.46. The molecule has 0 bridgehead atoms. The second kappa shape index (κ2) is 9.68. The fourth-order valence-electron chi connectivity index (χ4n) is 2.94. The number of halogens is 2. The highest BCUT2D eigenvalue weighted by Crippen LogP contribution is 2.32. The van der Waals surface area contributed by atoms with E-state index in [9.17, 15) is 14.9 Å². The molecule has 166 valence electrons. The van der Waals surface area contributed by atoms with Crippen LogP contribution in [0.25, 0.3) is 11.3 Å². The molecule has 2 aromatic carbocycles. The van der Waals surface area contributed by atoms with Gasteiger partial charge in [-0.3, -0.25) is 19.6 Å². The van der Waals surface area contributed by atoms with E-state index in [-0.39, 0.29) is 11.4 Å². The van der Waals surface area contributed by atoms with Crippen molar-refractivity contribution in [1.29, 1.82) is 0 Å². The first kappa shape index (κ1) is 22.3. The summed E-state index contributed by atoms with van der Waals surface area (Å²) in [6, 6.07) is 16.2. The highest BCUT2D eigenvalue weighted by Gasteiger charge is 2.14. The Morgan fingerprint density at radius 3 is 2.70 bits per heavy atom. The van der Waals surface area contributed by atoms with Crippen molar-refractivity contribution in [3.8, 4) is 11.3 Å². The lowest BCUT2D eigenvalue weighted by Gasteiger charge is -2.02. The Kier molecular flexibility index (Phi) is 6.53. The number of nitrogens with one attached hydrogen (secondary N) is 1. The summed E-state index contributed by atoms with van der Waals surface area (Å²) in [5.74, 6) is 0.160. The predicted octanol–water partition coefficient (Wildman–Crippen LogP) is 5.17. The molecule has 4 rings (SSSR count). The molecule has 0 spiro atoms. The Labute approximate surface area is 197 Å². The molecule has 9 nitrogen and oxygen atoms in total. The molecule has 1 N–H and O–H groups in total. The SMILES string of the molecule is O=C(NN=Cc1ccc(-c2cc([N+](=O)[O-])ccc2Cl)o1)c1ccn(Cc2ccc(Cl)cc2)n1. The quantitative estimate of drug-likeness (QED) is 0.221. The van der Waals surface area contributed by atoms with Gasteiger partial charge in [-0.05, 0) is 42.0 Å². The summed E-state index contributed by atoms with van der Waals surface area (Å²) in [6.07, 6.45) is 2.99. The fourth-order valence-corrected chi connectivity index (χ4v) is 3.28. The summed E-state index contributed by atoms with van der Waals surface area (Å²) in [4.78, 5) is 22.8. The van der Waals surface area contributed by atoms with Gasteiger partial charge in [0, 0.05) is 28.9 Å². The molecule has 4 aromatic rings. The monoisotopic (exact) mass is 483 g/mol. The maximum atomic E-state index is 12.3. The Morgan fingerprint density at radius 2 is 1.94 bits per heavy atom. The average Bonchev–Trinajstić information content (AvgIpc) is 3.45. The Morgan fingerprint density at radius 1 is 1.15 bits per heavy atom. The first-order valence-electron chi connectivity index (χ1n) is 9.54. The number of aromatic nitrogens is 2. The highest BCUT2D eigenvalue weighted by atomic mass is 35.5. The molecule has 2 heterocycles. The van der Waals surface area contributed by atoms with Crippen molar-refractivity contribution in [3.05, 3.63) is 104 Å². The van der Waals surface area contributed by atoms with Gasteiger partial charge in [0.1, 0.15) is 11.5 Å². The number of non-ortho nitro benzene ring substituents is 1. The number of hydrogen-bond donors (Lipinski definition) is 1. The summed E-state index contributed by atoms with van der Waals surface area (Å²) in [5, 5.41) is 20.0. The van der Waals surface area contributed by atoms with Crippen LogP contribution in [0.1, 0.15) is 21.8 Å². The number of nitrogens with zero attached hydrogens (tertiary/aromatic N) is 4. The van der Waals surface area contributed by atoms with Gasteiger partial charge in [0.2, 0.25) is 0 Å². The van der Waals surface area contributed by atoms with Crippen molar-refractivity contribution in [2.45, 2.75) is 6.54 Å². The number of amides is 1. The van der Waals surface area contributed by atoms with Gasteiger partial charge in [-0.2, -0.15) is 10.2 Å². The first-order valence-corrected chi connectivity index (χ1v) is 10.3. The van der Waals surface area contributed by atoms with Gasteiger partial charge in [-0.25, -0.2) is 5.43 Å². The van der Waals surface area contributed by atoms with Gasteiger partial charge in [0.05, 0.1) is 22.7 Å². The van der Waals surface area contributed by atoms with Gasteiger partial charge in [-0.15, -0.1) is 0 Å². The number of rotatable bonds is 7. The first-order chi connectivity index (χ1) is 15.9. The molecule has 0 unspecified atom stereocenters. The van der Waals surface area contributed by atoms with E-state index in [0.717, 1.165) is 5.56 Å². The third-order valence-electron chi connectivity index (χ3n) is 4.54. The zero-order valence-electron chi connectivity index (χ0n) is 16.8. The molecule has 0 aliphatic rings. The van der Waals surface area contributed by atoms with E-state index >= 15 is 0 Å². The van der Waals surface area contributed by atoms with Crippen LogP contribution in [0.15, 0.2) is 76.4 Å². The Hall–Kier alpha value is -3.95. The fraction of sp³-hybridized carbons (Fsp3) is 0.0455. The molecule has 0 radical (unpaired) electrons. The van der Waals surface area contributed by atoms with Gasteiger partial charge in [0.15, 0.2) is 5.69 Å². The van der Waals surface area contributed by atoms with Crippen molar-refractivity contribution in [2.75, 3.05) is 0 Å². The standard InChI is InChI=1S/C22H15Cl2N5O4/c23-15-3-1-14(2-4-15)13-28-10-9-20(27-28)22(30)26-25-12-17-6-8-21(33-17)18-11-16(29(31)32)5-7-19(18)24/h1-12H,13H2,(H,26,30). The van der Waals surface area contributed by atoms with Gasteiger partial charge >= 0.3 is 0 Å². The van der Waals surface area contributed by atoms with Crippen LogP contribution >= 0.6 is 23.2 Å². The Balaban J connectivity index is 1.38. The highest BCUT2D eigenvalue weighted by molar-refractivity contribution is 6.33. The number of carbonyl (C=O) groups is 1. The zero-order chi connectivity index (χ0) is 23.4. The van der Waals surface area contributed by atoms with Crippen LogP contribution in [0.3, 0.4) is 0 Å². The van der Waals surface area contributed by atoms with E-state index < -0.39 is 10.8 Å². The maximum absolute atomic E-state index is 12.3. The van der Waals surface area contributed by atoms with E-state index in [1.807, 2.05) is 12.1 Å². The number of hydrazone groups is 1. The smallest absolute Gasteiger partial charge is 0.291 e. The van der Waals surface area contributed by atoms with Crippen LogP contribution in [-0.2, 0) is 6.54 Å². The lowest BCUT2D eigenvalue weighted by atomic mass is 10.1. The van der Waals surface area contributed by atoms with Gasteiger partial charge in [0.25, 0.3) is 11.6 Å². The zero-order valence-corrected chi connectivity index (χ0v) is 18.3. The second-order valence-corrected chi connectivity index (χ2v) is 7.69. The van der Waals surface area contributed by atoms with E-state index in [2.05, 4.69) is 15.6 Å². The minimum atomic E-state index is -0.516. The third-order valence-corrected chi connectivity index (χ3v) is 5.12. The molecule has 2 aromatic heterocycles. The van der Waals surface area contributed by atoms with Crippen LogP contribution in [0.4, 0.5) is 5.69 Å². The molecule has 0 saturated carbocycles. The van der Waals surface area contributed by atoms with E-state index in [0.29, 0.717) is 33.7 Å². The lowest BCUT2D eigenvalue weighted by molar-refractivity contribution is -0.384. The maximum Gasteiger partial charge on any atom is 0.291 e. The van der Waals surface area contributed by atoms with Crippen LogP contribution in [0.2, 0.25) is 10.0 Å². The Bertz CT molecular complexity index is 1350. The number of nitro groups is 1. The van der Waals surface area contributed by atoms with Crippen molar-refractivity contribution < 1.29 is 14.1 Å². The van der Waals surface area contributed by atoms with Crippen molar-refractivity contribution >= 4 is 41.0 Å². The second-order valence-electron chi connectivity index (χ2n) is 6.85. The van der Waals surface area contributed by atoms with E-state index in [4.69, 9.17) is 27.6 Å². The minimum Gasteiger partial charge on any atom is -0.455 e. The summed E-state index contributed by atoms with van der Waals surface area (Å²) in [5.41, 5.74) is 3.84. The van der Waals surface area contributed by atoms with Crippen molar-refractivity contribution in [1.82, 2.24) is 15.2 Å². The largest absolute Gasteiger partial charge is 0.455 e. The summed E-state index contributed by atoms with van der Waals surface area (Å²) in [6.45, 7) is 0.489. The normalized spacial score (nSPS) is 11.1. The average molecular weight is 484 g/mol. The molecular formula is C22H15Cl2N5O4. The topological polar surface area (TPSA) is 116 Å².